The Bertz CT molecular complexity index is 512. The smallest absolute Gasteiger partial charge is 0.268 e. The molecular weight excluding hydrogens is 246 g/mol. The molecule has 14 heavy (non-hydrogen) atoms. The maximum absolute atomic E-state index is 10.8. The number of primary amides is 1. The van der Waals surface area contributed by atoms with E-state index < -0.39 is 5.91 Å². The van der Waals surface area contributed by atoms with Gasteiger partial charge in [0.1, 0.15) is 5.69 Å². The van der Waals surface area contributed by atoms with Crippen LogP contribution in [0.1, 0.15) is 10.5 Å². The molecule has 2 N–H and O–H groups in total. The summed E-state index contributed by atoms with van der Waals surface area (Å²) in [5, 5.41) is 0. The van der Waals surface area contributed by atoms with E-state index in [4.69, 9.17) is 5.73 Å². The molecule has 1 aromatic heterocycles. The second-order valence-corrected chi connectivity index (χ2v) is 3.67. The molecule has 0 radical (unpaired) electrons. The van der Waals surface area contributed by atoms with Gasteiger partial charge in [-0.05, 0) is 18.2 Å². The van der Waals surface area contributed by atoms with E-state index in [2.05, 4.69) is 25.9 Å². The largest absolute Gasteiger partial charge is 0.364 e. The van der Waals surface area contributed by atoms with Crippen LogP contribution in [0, 0.1) is 0 Å². The number of nitrogens with two attached hydrogens (primary N) is 1. The van der Waals surface area contributed by atoms with Crippen LogP contribution in [-0.2, 0) is 0 Å². The highest BCUT2D eigenvalue weighted by Crippen LogP contribution is 2.16. The summed E-state index contributed by atoms with van der Waals surface area (Å²) in [7, 11) is 0. The summed E-state index contributed by atoms with van der Waals surface area (Å²) >= 11 is 3.32. The van der Waals surface area contributed by atoms with E-state index in [0.717, 1.165) is 9.99 Å². The zero-order chi connectivity index (χ0) is 10.1. The molecule has 5 heteroatoms. The van der Waals surface area contributed by atoms with Crippen molar-refractivity contribution in [3.63, 3.8) is 0 Å². The molecule has 1 heterocycles. The molecule has 0 bridgehead atoms. The van der Waals surface area contributed by atoms with Crippen LogP contribution in [0.25, 0.3) is 11.0 Å². The zero-order valence-electron chi connectivity index (χ0n) is 7.07. The molecule has 0 aliphatic carbocycles. The maximum atomic E-state index is 10.8. The van der Waals surface area contributed by atoms with E-state index in [9.17, 15) is 4.79 Å². The van der Waals surface area contributed by atoms with Crippen molar-refractivity contribution in [2.24, 2.45) is 5.73 Å². The topological polar surface area (TPSA) is 68.9 Å². The number of rotatable bonds is 1. The molecule has 0 aliphatic rings. The number of halogens is 1. The third-order valence-electron chi connectivity index (χ3n) is 1.76. The maximum Gasteiger partial charge on any atom is 0.268 e. The fourth-order valence-electron chi connectivity index (χ4n) is 1.10. The van der Waals surface area contributed by atoms with Crippen LogP contribution in [0.15, 0.2) is 28.9 Å². The van der Waals surface area contributed by atoms with Crippen molar-refractivity contribution in [1.82, 2.24) is 9.97 Å². The third kappa shape index (κ3) is 1.58. The van der Waals surface area contributed by atoms with Crippen molar-refractivity contribution in [1.29, 1.82) is 0 Å². The summed E-state index contributed by atoms with van der Waals surface area (Å²) in [4.78, 5) is 18.9. The summed E-state index contributed by atoms with van der Waals surface area (Å²) in [6, 6.07) is 5.44. The van der Waals surface area contributed by atoms with Gasteiger partial charge < -0.3 is 5.73 Å². The van der Waals surface area contributed by atoms with Gasteiger partial charge in [0, 0.05) is 4.47 Å². The van der Waals surface area contributed by atoms with E-state index in [-0.39, 0.29) is 5.69 Å². The molecule has 0 fully saturated rings. The number of amides is 1. The van der Waals surface area contributed by atoms with Crippen LogP contribution in [0.4, 0.5) is 0 Å². The first-order chi connectivity index (χ1) is 6.66. The van der Waals surface area contributed by atoms with Gasteiger partial charge in [-0.25, -0.2) is 4.98 Å². The van der Waals surface area contributed by atoms with Gasteiger partial charge in [0.15, 0.2) is 0 Å². The predicted molar refractivity (Wildman–Crippen MR) is 55.8 cm³/mol. The molecule has 0 saturated heterocycles. The Morgan fingerprint density at radius 1 is 1.36 bits per heavy atom. The number of carbonyl (C=O) groups excluding carboxylic acids is 1. The van der Waals surface area contributed by atoms with E-state index in [1.807, 2.05) is 12.1 Å². The van der Waals surface area contributed by atoms with Crippen LogP contribution in [-0.4, -0.2) is 15.9 Å². The first kappa shape index (κ1) is 9.08. The molecule has 0 spiro atoms. The lowest BCUT2D eigenvalue weighted by molar-refractivity contribution is 0.0995. The number of benzene rings is 1. The van der Waals surface area contributed by atoms with Crippen molar-refractivity contribution in [3.8, 4) is 0 Å². The van der Waals surface area contributed by atoms with Gasteiger partial charge in [-0.3, -0.25) is 9.78 Å². The van der Waals surface area contributed by atoms with Crippen molar-refractivity contribution in [3.05, 3.63) is 34.6 Å². The summed E-state index contributed by atoms with van der Waals surface area (Å²) in [6.45, 7) is 0. The minimum Gasteiger partial charge on any atom is -0.364 e. The Hall–Kier alpha value is -1.49. The highest BCUT2D eigenvalue weighted by molar-refractivity contribution is 9.10. The van der Waals surface area contributed by atoms with E-state index in [1.165, 1.54) is 6.20 Å². The molecule has 1 aromatic carbocycles. The Kier molecular flexibility index (Phi) is 2.17. The van der Waals surface area contributed by atoms with Gasteiger partial charge >= 0.3 is 0 Å². The van der Waals surface area contributed by atoms with Crippen LogP contribution in [0.2, 0.25) is 0 Å². The number of fused-ring (bicyclic) bond motifs is 1. The number of nitrogens with zero attached hydrogens (tertiary/aromatic N) is 2. The first-order valence-corrected chi connectivity index (χ1v) is 4.68. The van der Waals surface area contributed by atoms with Gasteiger partial charge in [-0.2, -0.15) is 0 Å². The summed E-state index contributed by atoms with van der Waals surface area (Å²) in [5.41, 5.74) is 6.65. The van der Waals surface area contributed by atoms with Gasteiger partial charge in [0.2, 0.25) is 0 Å². The fourth-order valence-corrected chi connectivity index (χ4v) is 1.45. The second-order valence-electron chi connectivity index (χ2n) is 2.75. The first-order valence-electron chi connectivity index (χ1n) is 3.89. The van der Waals surface area contributed by atoms with E-state index >= 15 is 0 Å². The number of hydrogen-bond donors (Lipinski definition) is 1. The van der Waals surface area contributed by atoms with Crippen LogP contribution in [0.3, 0.4) is 0 Å². The zero-order valence-corrected chi connectivity index (χ0v) is 8.65. The lowest BCUT2D eigenvalue weighted by Gasteiger charge is -1.98. The molecule has 2 aromatic rings. The monoisotopic (exact) mass is 251 g/mol. The van der Waals surface area contributed by atoms with Crippen LogP contribution >= 0.6 is 15.9 Å². The predicted octanol–water partition coefficient (Wildman–Crippen LogP) is 1.49. The van der Waals surface area contributed by atoms with Gasteiger partial charge in [-0.15, -0.1) is 0 Å². The van der Waals surface area contributed by atoms with Gasteiger partial charge in [0.25, 0.3) is 5.91 Å². The third-order valence-corrected chi connectivity index (χ3v) is 2.25. The second kappa shape index (κ2) is 3.34. The number of aromatic nitrogens is 2. The lowest BCUT2D eigenvalue weighted by atomic mass is 10.3. The molecule has 1 amide bonds. The molecule has 0 atom stereocenters. The summed E-state index contributed by atoms with van der Waals surface area (Å²) in [5.74, 6) is -0.567. The Morgan fingerprint density at radius 3 is 2.86 bits per heavy atom. The van der Waals surface area contributed by atoms with E-state index in [0.29, 0.717) is 5.52 Å². The number of carbonyl (C=O) groups is 1. The molecule has 70 valence electrons. The van der Waals surface area contributed by atoms with Crippen LogP contribution < -0.4 is 5.73 Å². The molecular formula is C9H6BrN3O. The molecule has 2 rings (SSSR count). The van der Waals surface area contributed by atoms with Gasteiger partial charge in [-0.1, -0.05) is 15.9 Å². The molecule has 0 saturated carbocycles. The highest BCUT2D eigenvalue weighted by Gasteiger charge is 2.04. The Balaban J connectivity index is 2.67. The molecule has 0 unspecified atom stereocenters. The minimum absolute atomic E-state index is 0.180. The normalized spacial score (nSPS) is 10.4. The Morgan fingerprint density at radius 2 is 2.14 bits per heavy atom. The molecule has 4 nitrogen and oxygen atoms in total. The minimum atomic E-state index is -0.567. The van der Waals surface area contributed by atoms with Gasteiger partial charge in [0.05, 0.1) is 17.2 Å². The van der Waals surface area contributed by atoms with Crippen molar-refractivity contribution < 1.29 is 4.79 Å². The molecule has 0 aliphatic heterocycles. The lowest BCUT2D eigenvalue weighted by Crippen LogP contribution is -2.13. The fraction of sp³-hybridized carbons (Fsp3) is 0. The van der Waals surface area contributed by atoms with Crippen molar-refractivity contribution in [2.75, 3.05) is 0 Å². The standard InChI is InChI=1S/C9H6BrN3O/c10-5-1-2-6-7(3-5)12-4-8(13-6)9(11)14/h1-4H,(H2,11,14). The van der Waals surface area contributed by atoms with E-state index in [1.54, 1.807) is 6.07 Å². The van der Waals surface area contributed by atoms with Crippen molar-refractivity contribution in [2.45, 2.75) is 0 Å². The summed E-state index contributed by atoms with van der Waals surface area (Å²) in [6.07, 6.45) is 1.37. The van der Waals surface area contributed by atoms with Crippen molar-refractivity contribution >= 4 is 32.9 Å². The van der Waals surface area contributed by atoms with Crippen LogP contribution in [0.5, 0.6) is 0 Å². The SMILES string of the molecule is NC(=O)c1cnc2cc(Br)ccc2n1. The highest BCUT2D eigenvalue weighted by atomic mass is 79.9. The average molecular weight is 252 g/mol. The quantitative estimate of drug-likeness (QED) is 0.835. The number of hydrogen-bond acceptors (Lipinski definition) is 3. The summed E-state index contributed by atoms with van der Waals surface area (Å²) < 4.78 is 0.922. The average Bonchev–Trinajstić information content (AvgIpc) is 2.16. The Labute approximate surface area is 88.3 Å².